The molecule has 5 heteroatoms. The van der Waals surface area contributed by atoms with E-state index >= 15 is 0 Å². The molecule has 2 heterocycles. The maximum atomic E-state index is 10.8. The van der Waals surface area contributed by atoms with Crippen molar-refractivity contribution in [1.82, 2.24) is 4.90 Å². The Morgan fingerprint density at radius 2 is 2.30 bits per heavy atom. The van der Waals surface area contributed by atoms with Crippen LogP contribution in [-0.4, -0.2) is 40.2 Å². The first-order valence-electron chi connectivity index (χ1n) is 7.34. The zero-order valence-corrected chi connectivity index (χ0v) is 12.5. The van der Waals surface area contributed by atoms with Crippen LogP contribution in [0.3, 0.4) is 0 Å². The first-order chi connectivity index (χ1) is 9.66. The monoisotopic (exact) mass is 297 g/mol. The van der Waals surface area contributed by atoms with Crippen LogP contribution in [0, 0.1) is 0 Å². The number of aliphatic hydroxyl groups excluding tert-OH is 1. The van der Waals surface area contributed by atoms with Gasteiger partial charge in [-0.1, -0.05) is 18.9 Å². The summed E-state index contributed by atoms with van der Waals surface area (Å²) >= 11 is 1.58. The average molecular weight is 297 g/mol. The van der Waals surface area contributed by atoms with E-state index < -0.39 is 12.1 Å². The molecule has 0 spiro atoms. The van der Waals surface area contributed by atoms with E-state index in [4.69, 9.17) is 5.11 Å². The van der Waals surface area contributed by atoms with Crippen LogP contribution in [-0.2, 0) is 4.79 Å². The zero-order valence-electron chi connectivity index (χ0n) is 11.7. The van der Waals surface area contributed by atoms with E-state index in [-0.39, 0.29) is 6.42 Å². The molecule has 1 aromatic rings. The minimum atomic E-state index is -0.744. The number of aliphatic hydroxyl groups is 1. The normalized spacial score (nSPS) is 22.4. The third-order valence-electron chi connectivity index (χ3n) is 3.98. The van der Waals surface area contributed by atoms with E-state index in [2.05, 4.69) is 4.90 Å². The summed E-state index contributed by atoms with van der Waals surface area (Å²) in [6.45, 7) is 1.55. The van der Waals surface area contributed by atoms with Crippen molar-refractivity contribution in [2.45, 2.75) is 50.7 Å². The van der Waals surface area contributed by atoms with Gasteiger partial charge in [0.25, 0.3) is 0 Å². The Morgan fingerprint density at radius 3 is 3.00 bits per heavy atom. The van der Waals surface area contributed by atoms with Gasteiger partial charge in [0.2, 0.25) is 0 Å². The Balaban J connectivity index is 1.95. The molecule has 0 radical (unpaired) electrons. The second kappa shape index (κ2) is 7.76. The molecule has 0 aliphatic carbocycles. The summed E-state index contributed by atoms with van der Waals surface area (Å²) in [6.07, 6.45) is 5.03. The fraction of sp³-hybridized carbons (Fsp3) is 0.667. The van der Waals surface area contributed by atoms with Crippen molar-refractivity contribution >= 4 is 17.3 Å². The van der Waals surface area contributed by atoms with E-state index in [1.807, 2.05) is 17.5 Å². The number of hydrogen-bond donors (Lipinski definition) is 2. The highest BCUT2D eigenvalue weighted by Crippen LogP contribution is 2.28. The lowest BCUT2D eigenvalue weighted by Gasteiger charge is -2.30. The van der Waals surface area contributed by atoms with Crippen molar-refractivity contribution in [3.8, 4) is 0 Å². The van der Waals surface area contributed by atoms with Crippen molar-refractivity contribution < 1.29 is 15.0 Å². The van der Waals surface area contributed by atoms with Crippen LogP contribution in [0.1, 0.15) is 49.5 Å². The third kappa shape index (κ3) is 4.58. The minimum absolute atomic E-state index is 0.186. The number of likely N-dealkylation sites (tertiary alicyclic amines) is 1. The predicted molar refractivity (Wildman–Crippen MR) is 80.0 cm³/mol. The summed E-state index contributed by atoms with van der Waals surface area (Å²) in [5, 5.41) is 21.2. The van der Waals surface area contributed by atoms with Gasteiger partial charge in [-0.3, -0.25) is 9.69 Å². The van der Waals surface area contributed by atoms with Crippen molar-refractivity contribution in [1.29, 1.82) is 0 Å². The van der Waals surface area contributed by atoms with E-state index in [1.54, 1.807) is 11.3 Å². The topological polar surface area (TPSA) is 60.8 Å². The van der Waals surface area contributed by atoms with Crippen molar-refractivity contribution in [3.05, 3.63) is 22.4 Å². The molecule has 0 aromatic carbocycles. The molecule has 0 saturated carbocycles. The number of carbonyl (C=O) groups is 1. The number of thiophene rings is 1. The number of rotatable bonds is 6. The molecule has 20 heavy (non-hydrogen) atoms. The average Bonchev–Trinajstić information content (AvgIpc) is 2.86. The molecule has 1 aliphatic heterocycles. The van der Waals surface area contributed by atoms with Crippen LogP contribution in [0.2, 0.25) is 0 Å². The van der Waals surface area contributed by atoms with Crippen LogP contribution in [0.4, 0.5) is 0 Å². The van der Waals surface area contributed by atoms with Crippen LogP contribution in [0.15, 0.2) is 17.5 Å². The number of nitrogens with zero attached hydrogens (tertiary/aromatic N) is 1. The Morgan fingerprint density at radius 1 is 1.45 bits per heavy atom. The standard InChI is InChI=1S/C15H23NO3S/c17-13(14-6-4-10-20-14)11-12-5-2-1-3-8-16(12)9-7-15(18)19/h4,6,10,12-13,17H,1-3,5,7-9,11H2,(H,18,19)/t12-,13+/m0/s1. The molecule has 2 N–H and O–H groups in total. The summed E-state index contributed by atoms with van der Waals surface area (Å²) in [7, 11) is 0. The molecule has 0 amide bonds. The predicted octanol–water partition coefficient (Wildman–Crippen LogP) is 2.89. The molecule has 1 fully saturated rings. The Labute approximate surface area is 124 Å². The highest BCUT2D eigenvalue weighted by molar-refractivity contribution is 7.10. The van der Waals surface area contributed by atoms with E-state index in [9.17, 15) is 9.90 Å². The van der Waals surface area contributed by atoms with Gasteiger partial charge in [-0.05, 0) is 37.3 Å². The number of carboxylic acids is 1. The lowest BCUT2D eigenvalue weighted by molar-refractivity contribution is -0.137. The van der Waals surface area contributed by atoms with E-state index in [0.29, 0.717) is 19.0 Å². The Kier molecular flexibility index (Phi) is 6.01. The Hall–Kier alpha value is -0.910. The molecule has 0 unspecified atom stereocenters. The van der Waals surface area contributed by atoms with E-state index in [1.165, 1.54) is 12.8 Å². The van der Waals surface area contributed by atoms with Gasteiger partial charge in [-0.25, -0.2) is 0 Å². The fourth-order valence-electron chi connectivity index (χ4n) is 2.89. The number of hydrogen-bond acceptors (Lipinski definition) is 4. The van der Waals surface area contributed by atoms with E-state index in [0.717, 1.165) is 24.3 Å². The van der Waals surface area contributed by atoms with Gasteiger partial charge in [0.15, 0.2) is 0 Å². The largest absolute Gasteiger partial charge is 0.481 e. The van der Waals surface area contributed by atoms with Gasteiger partial charge < -0.3 is 10.2 Å². The quantitative estimate of drug-likeness (QED) is 0.847. The summed E-state index contributed by atoms with van der Waals surface area (Å²) in [6, 6.07) is 4.22. The molecule has 112 valence electrons. The maximum absolute atomic E-state index is 10.8. The van der Waals surface area contributed by atoms with Crippen molar-refractivity contribution in [2.75, 3.05) is 13.1 Å². The molecule has 1 aromatic heterocycles. The first kappa shape index (κ1) is 15.5. The van der Waals surface area contributed by atoms with Gasteiger partial charge in [0, 0.05) is 17.5 Å². The van der Waals surface area contributed by atoms with Crippen LogP contribution >= 0.6 is 11.3 Å². The Bertz CT molecular complexity index is 407. The number of carboxylic acid groups (broad SMARTS) is 1. The van der Waals surface area contributed by atoms with Gasteiger partial charge in [-0.2, -0.15) is 0 Å². The van der Waals surface area contributed by atoms with Crippen LogP contribution in [0.25, 0.3) is 0 Å². The molecule has 2 atom stereocenters. The smallest absolute Gasteiger partial charge is 0.304 e. The maximum Gasteiger partial charge on any atom is 0.304 e. The van der Waals surface area contributed by atoms with Crippen molar-refractivity contribution in [2.24, 2.45) is 0 Å². The summed E-state index contributed by atoms with van der Waals surface area (Å²) in [4.78, 5) is 14.0. The lowest BCUT2D eigenvalue weighted by Crippen LogP contribution is -2.37. The molecule has 0 bridgehead atoms. The van der Waals surface area contributed by atoms with Gasteiger partial charge in [-0.15, -0.1) is 11.3 Å². The molecule has 1 aliphatic rings. The van der Waals surface area contributed by atoms with Crippen molar-refractivity contribution in [3.63, 3.8) is 0 Å². The molecule has 1 saturated heterocycles. The SMILES string of the molecule is O=C(O)CCN1CCCCC[C@H]1C[C@@H](O)c1cccs1. The zero-order chi connectivity index (χ0) is 14.4. The van der Waals surface area contributed by atoms with Gasteiger partial charge >= 0.3 is 5.97 Å². The molecular weight excluding hydrogens is 274 g/mol. The van der Waals surface area contributed by atoms with Gasteiger partial charge in [0.05, 0.1) is 12.5 Å². The number of aliphatic carboxylic acids is 1. The third-order valence-corrected chi connectivity index (χ3v) is 4.95. The molecular formula is C15H23NO3S. The van der Waals surface area contributed by atoms with Gasteiger partial charge in [0.1, 0.15) is 0 Å². The van der Waals surface area contributed by atoms with Crippen LogP contribution < -0.4 is 0 Å². The summed E-state index contributed by atoms with van der Waals surface area (Å²) in [5.74, 6) is -0.744. The minimum Gasteiger partial charge on any atom is -0.481 e. The summed E-state index contributed by atoms with van der Waals surface area (Å²) < 4.78 is 0. The summed E-state index contributed by atoms with van der Waals surface area (Å²) in [5.41, 5.74) is 0. The highest BCUT2D eigenvalue weighted by atomic mass is 32.1. The molecule has 4 nitrogen and oxygen atoms in total. The first-order valence-corrected chi connectivity index (χ1v) is 8.22. The fourth-order valence-corrected chi connectivity index (χ4v) is 3.62. The van der Waals surface area contributed by atoms with Crippen LogP contribution in [0.5, 0.6) is 0 Å². The molecule has 2 rings (SSSR count). The second-order valence-electron chi connectivity index (χ2n) is 5.45. The lowest BCUT2D eigenvalue weighted by atomic mass is 10.0. The second-order valence-corrected chi connectivity index (χ2v) is 6.43. The highest BCUT2D eigenvalue weighted by Gasteiger charge is 2.24.